The van der Waals surface area contributed by atoms with Gasteiger partial charge in [-0.1, -0.05) is 23.8 Å². The van der Waals surface area contributed by atoms with Gasteiger partial charge in [0.1, 0.15) is 5.75 Å². The Bertz CT molecular complexity index is 856. The molecule has 0 bridgehead atoms. The maximum Gasteiger partial charge on any atom is 0.276 e. The van der Waals surface area contributed by atoms with Gasteiger partial charge in [0.2, 0.25) is 0 Å². The summed E-state index contributed by atoms with van der Waals surface area (Å²) in [5, 5.41) is 4.12. The van der Waals surface area contributed by atoms with Gasteiger partial charge in [0.25, 0.3) is 10.0 Å². The van der Waals surface area contributed by atoms with Crippen LogP contribution in [-0.2, 0) is 10.0 Å². The number of nitrogens with one attached hydrogen (secondary N) is 1. The van der Waals surface area contributed by atoms with E-state index in [1.54, 1.807) is 24.3 Å². The fourth-order valence-electron chi connectivity index (χ4n) is 2.38. The summed E-state index contributed by atoms with van der Waals surface area (Å²) in [5.74, 6) is 0.740. The zero-order valence-corrected chi connectivity index (χ0v) is 13.9. The summed E-state index contributed by atoms with van der Waals surface area (Å²) >= 11 is 0. The maximum absolute atomic E-state index is 12.3. The highest BCUT2D eigenvalue weighted by atomic mass is 32.2. The Balaban J connectivity index is 1.88. The summed E-state index contributed by atoms with van der Waals surface area (Å²) in [6.45, 7) is 4.38. The fraction of sp³-hybridized carbons (Fsp3) is 0.235. The summed E-state index contributed by atoms with van der Waals surface area (Å²) in [6.07, 6.45) is 0.562. The number of fused-ring (bicyclic) bond motifs is 1. The van der Waals surface area contributed by atoms with Crippen LogP contribution in [0.4, 0.5) is 0 Å². The Morgan fingerprint density at radius 3 is 2.48 bits per heavy atom. The van der Waals surface area contributed by atoms with E-state index in [4.69, 9.17) is 4.74 Å². The first kappa shape index (κ1) is 15.6. The summed E-state index contributed by atoms with van der Waals surface area (Å²) < 4.78 is 30.2. The molecule has 1 heterocycles. The molecule has 23 heavy (non-hydrogen) atoms. The molecule has 0 unspecified atom stereocenters. The average Bonchev–Trinajstić information content (AvgIpc) is 2.53. The number of ether oxygens (including phenoxy) is 1. The highest BCUT2D eigenvalue weighted by Crippen LogP contribution is 2.26. The van der Waals surface area contributed by atoms with Gasteiger partial charge in [0.15, 0.2) is 0 Å². The minimum Gasteiger partial charge on any atom is -0.492 e. The average molecular weight is 330 g/mol. The molecule has 1 aliphatic rings. The Labute approximate surface area is 136 Å². The minimum atomic E-state index is -3.67. The molecule has 0 saturated carbocycles. The monoisotopic (exact) mass is 330 g/mol. The smallest absolute Gasteiger partial charge is 0.276 e. The zero-order chi connectivity index (χ0) is 16.4. The van der Waals surface area contributed by atoms with Gasteiger partial charge in [0, 0.05) is 12.0 Å². The number of hydrogen-bond donors (Lipinski definition) is 1. The molecule has 120 valence electrons. The van der Waals surface area contributed by atoms with Crippen LogP contribution in [0.15, 0.2) is 52.5 Å². The number of benzene rings is 2. The molecule has 6 heteroatoms. The minimum absolute atomic E-state index is 0.198. The van der Waals surface area contributed by atoms with Gasteiger partial charge in [-0.3, -0.25) is 0 Å². The van der Waals surface area contributed by atoms with Crippen LogP contribution in [0.25, 0.3) is 0 Å². The molecule has 0 amide bonds. The molecule has 0 aliphatic carbocycles. The lowest BCUT2D eigenvalue weighted by molar-refractivity contribution is 0.320. The van der Waals surface area contributed by atoms with Gasteiger partial charge in [-0.2, -0.15) is 18.4 Å². The maximum atomic E-state index is 12.3. The zero-order valence-electron chi connectivity index (χ0n) is 13.0. The summed E-state index contributed by atoms with van der Waals surface area (Å²) in [5.41, 5.74) is 3.60. The van der Waals surface area contributed by atoms with E-state index >= 15 is 0 Å². The predicted octanol–water partition coefficient (Wildman–Crippen LogP) is 2.77. The Kier molecular flexibility index (Phi) is 4.09. The Morgan fingerprint density at radius 2 is 1.74 bits per heavy atom. The molecule has 2 aromatic rings. The molecule has 3 rings (SSSR count). The molecule has 2 aromatic carbocycles. The third-order valence-corrected chi connectivity index (χ3v) is 4.90. The SMILES string of the molecule is Cc1ccc(S(=O)(=O)NN=C2CCOc3cc(C)ccc32)cc1. The topological polar surface area (TPSA) is 67.8 Å². The fourth-order valence-corrected chi connectivity index (χ4v) is 3.21. The first-order chi connectivity index (χ1) is 11.0. The van der Waals surface area contributed by atoms with Crippen molar-refractivity contribution >= 4 is 15.7 Å². The molecule has 1 N–H and O–H groups in total. The first-order valence-electron chi connectivity index (χ1n) is 7.34. The Hall–Kier alpha value is -2.34. The van der Waals surface area contributed by atoms with Crippen molar-refractivity contribution in [3.05, 3.63) is 59.2 Å². The van der Waals surface area contributed by atoms with Crippen molar-refractivity contribution in [3.63, 3.8) is 0 Å². The lowest BCUT2D eigenvalue weighted by Gasteiger charge is -2.19. The second-order valence-electron chi connectivity index (χ2n) is 5.56. The van der Waals surface area contributed by atoms with Gasteiger partial charge in [-0.15, -0.1) is 0 Å². The third kappa shape index (κ3) is 3.37. The molecule has 0 fully saturated rings. The molecular weight excluding hydrogens is 312 g/mol. The van der Waals surface area contributed by atoms with E-state index in [-0.39, 0.29) is 4.90 Å². The van der Waals surface area contributed by atoms with Crippen molar-refractivity contribution in [2.24, 2.45) is 5.10 Å². The van der Waals surface area contributed by atoms with Crippen molar-refractivity contribution in [2.45, 2.75) is 25.2 Å². The second kappa shape index (κ2) is 6.04. The molecule has 0 radical (unpaired) electrons. The van der Waals surface area contributed by atoms with Gasteiger partial charge in [-0.05, 0) is 43.7 Å². The highest BCUT2D eigenvalue weighted by molar-refractivity contribution is 7.89. The van der Waals surface area contributed by atoms with Crippen LogP contribution in [0.2, 0.25) is 0 Å². The summed E-state index contributed by atoms with van der Waals surface area (Å²) in [7, 11) is -3.67. The highest BCUT2D eigenvalue weighted by Gasteiger charge is 2.19. The van der Waals surface area contributed by atoms with E-state index in [1.165, 1.54) is 0 Å². The number of nitrogens with zero attached hydrogens (tertiary/aromatic N) is 1. The molecular formula is C17H18N2O3S. The lowest BCUT2D eigenvalue weighted by Crippen LogP contribution is -2.23. The van der Waals surface area contributed by atoms with Crippen LogP contribution in [-0.4, -0.2) is 20.7 Å². The molecule has 0 aromatic heterocycles. The normalized spacial score (nSPS) is 15.8. The molecule has 5 nitrogen and oxygen atoms in total. The van der Waals surface area contributed by atoms with Gasteiger partial charge >= 0.3 is 0 Å². The van der Waals surface area contributed by atoms with Crippen molar-refractivity contribution in [3.8, 4) is 5.75 Å². The van der Waals surface area contributed by atoms with Crippen LogP contribution in [0, 0.1) is 13.8 Å². The van der Waals surface area contributed by atoms with E-state index in [9.17, 15) is 8.42 Å². The number of hydrazone groups is 1. The van der Waals surface area contributed by atoms with Crippen molar-refractivity contribution in [2.75, 3.05) is 6.61 Å². The predicted molar refractivity (Wildman–Crippen MR) is 89.3 cm³/mol. The standard InChI is InChI=1S/C17H18N2O3S/c1-12-3-6-14(7-4-12)23(20,21)19-18-16-9-10-22-17-11-13(2)5-8-15(16)17/h3-8,11,19H,9-10H2,1-2H3. The van der Waals surface area contributed by atoms with Crippen LogP contribution in [0.1, 0.15) is 23.1 Å². The van der Waals surface area contributed by atoms with E-state index in [2.05, 4.69) is 9.93 Å². The van der Waals surface area contributed by atoms with E-state index in [1.807, 2.05) is 32.0 Å². The van der Waals surface area contributed by atoms with E-state index in [0.717, 1.165) is 22.4 Å². The van der Waals surface area contributed by atoms with Gasteiger partial charge in [0.05, 0.1) is 17.2 Å². The van der Waals surface area contributed by atoms with Crippen molar-refractivity contribution in [1.29, 1.82) is 0 Å². The van der Waals surface area contributed by atoms with Crippen LogP contribution in [0.3, 0.4) is 0 Å². The van der Waals surface area contributed by atoms with Gasteiger partial charge in [-0.25, -0.2) is 0 Å². The molecule has 1 aliphatic heterocycles. The van der Waals surface area contributed by atoms with Gasteiger partial charge < -0.3 is 4.74 Å². The number of rotatable bonds is 3. The molecule has 0 spiro atoms. The first-order valence-corrected chi connectivity index (χ1v) is 8.83. The van der Waals surface area contributed by atoms with Crippen LogP contribution >= 0.6 is 0 Å². The third-order valence-electron chi connectivity index (χ3n) is 3.68. The Morgan fingerprint density at radius 1 is 1.04 bits per heavy atom. The van der Waals surface area contributed by atoms with Crippen LogP contribution < -0.4 is 9.57 Å². The second-order valence-corrected chi connectivity index (χ2v) is 7.23. The number of sulfonamides is 1. The van der Waals surface area contributed by atoms with E-state index < -0.39 is 10.0 Å². The van der Waals surface area contributed by atoms with Crippen molar-refractivity contribution < 1.29 is 13.2 Å². The number of aryl methyl sites for hydroxylation is 2. The summed E-state index contributed by atoms with van der Waals surface area (Å²) in [6, 6.07) is 12.4. The summed E-state index contributed by atoms with van der Waals surface area (Å²) in [4.78, 5) is 2.52. The number of hydrogen-bond acceptors (Lipinski definition) is 4. The van der Waals surface area contributed by atoms with Crippen molar-refractivity contribution in [1.82, 2.24) is 4.83 Å². The van der Waals surface area contributed by atoms with Crippen LogP contribution in [0.5, 0.6) is 5.75 Å². The van der Waals surface area contributed by atoms with E-state index in [0.29, 0.717) is 18.7 Å². The quantitative estimate of drug-likeness (QED) is 0.880. The molecule has 0 saturated heterocycles. The molecule has 0 atom stereocenters. The lowest BCUT2D eigenvalue weighted by atomic mass is 10.0. The largest absolute Gasteiger partial charge is 0.492 e.